The number of nitrogens with one attached hydrogen (secondary N) is 1. The van der Waals surface area contributed by atoms with E-state index in [4.69, 9.17) is 0 Å². The lowest BCUT2D eigenvalue weighted by Gasteiger charge is -2.27. The minimum absolute atomic E-state index is 0.00403. The number of aliphatic hydroxyl groups excluding tert-OH is 1. The Hall–Kier alpha value is -0.610. The predicted octanol–water partition coefficient (Wildman–Crippen LogP) is -0.0323. The van der Waals surface area contributed by atoms with Crippen molar-refractivity contribution in [2.24, 2.45) is 5.92 Å². The summed E-state index contributed by atoms with van der Waals surface area (Å²) in [5.74, 6) is 0.622. The molecule has 2 fully saturated rings. The van der Waals surface area contributed by atoms with E-state index < -0.39 is 0 Å². The molecule has 0 aromatic rings. The third kappa shape index (κ3) is 2.01. The maximum atomic E-state index is 12.1. The third-order valence-electron chi connectivity index (χ3n) is 3.71. The Bertz CT molecular complexity index is 239. The third-order valence-corrected chi connectivity index (χ3v) is 3.71. The van der Waals surface area contributed by atoms with Crippen LogP contribution in [-0.2, 0) is 4.79 Å². The first kappa shape index (κ1) is 10.9. The Labute approximate surface area is 90.6 Å². The molecule has 15 heavy (non-hydrogen) atoms. The van der Waals surface area contributed by atoms with Crippen LogP contribution in [0.3, 0.4) is 0 Å². The fourth-order valence-electron chi connectivity index (χ4n) is 2.66. The van der Waals surface area contributed by atoms with Crippen molar-refractivity contribution in [2.45, 2.75) is 38.3 Å². The van der Waals surface area contributed by atoms with Crippen molar-refractivity contribution in [2.75, 3.05) is 19.7 Å². The molecule has 2 aliphatic rings. The summed E-state index contributed by atoms with van der Waals surface area (Å²) in [5, 5.41) is 12.5. The molecule has 86 valence electrons. The Morgan fingerprint density at radius 2 is 2.33 bits per heavy atom. The molecule has 0 saturated carbocycles. The number of carbonyl (C=O) groups excluding carboxylic acids is 1. The number of nitrogens with zero attached hydrogens (tertiary/aromatic N) is 1. The lowest BCUT2D eigenvalue weighted by molar-refractivity contribution is -0.135. The zero-order chi connectivity index (χ0) is 10.8. The summed E-state index contributed by atoms with van der Waals surface area (Å²) in [7, 11) is 0. The van der Waals surface area contributed by atoms with Crippen LogP contribution in [0.15, 0.2) is 0 Å². The van der Waals surface area contributed by atoms with Crippen molar-refractivity contribution in [3.63, 3.8) is 0 Å². The second-order valence-electron chi connectivity index (χ2n) is 4.70. The molecule has 3 unspecified atom stereocenters. The minimum atomic E-state index is 0.00403. The van der Waals surface area contributed by atoms with Crippen molar-refractivity contribution in [1.82, 2.24) is 10.2 Å². The fraction of sp³-hybridized carbons (Fsp3) is 0.909. The molecule has 4 heteroatoms. The highest BCUT2D eigenvalue weighted by Crippen LogP contribution is 2.25. The average molecular weight is 212 g/mol. The zero-order valence-corrected chi connectivity index (χ0v) is 9.28. The van der Waals surface area contributed by atoms with Gasteiger partial charge in [0.2, 0.25) is 5.91 Å². The van der Waals surface area contributed by atoms with E-state index in [0.29, 0.717) is 5.92 Å². The quantitative estimate of drug-likeness (QED) is 0.676. The van der Waals surface area contributed by atoms with Gasteiger partial charge in [-0.25, -0.2) is 0 Å². The summed E-state index contributed by atoms with van der Waals surface area (Å²) in [6, 6.07) is 0.0456. The van der Waals surface area contributed by atoms with Gasteiger partial charge in [-0.1, -0.05) is 6.92 Å². The van der Waals surface area contributed by atoms with Crippen LogP contribution in [0.1, 0.15) is 26.2 Å². The van der Waals surface area contributed by atoms with Crippen molar-refractivity contribution in [1.29, 1.82) is 0 Å². The first-order chi connectivity index (χ1) is 7.24. The van der Waals surface area contributed by atoms with Gasteiger partial charge in [0.15, 0.2) is 0 Å². The van der Waals surface area contributed by atoms with Gasteiger partial charge in [-0.15, -0.1) is 0 Å². The van der Waals surface area contributed by atoms with Gasteiger partial charge in [-0.05, 0) is 31.7 Å². The molecule has 0 aliphatic carbocycles. The van der Waals surface area contributed by atoms with Crippen LogP contribution in [0, 0.1) is 5.92 Å². The maximum Gasteiger partial charge on any atom is 0.240 e. The number of hydrogen-bond donors (Lipinski definition) is 2. The second kappa shape index (κ2) is 4.49. The Kier molecular flexibility index (Phi) is 3.26. The number of aliphatic hydroxyl groups is 1. The lowest BCUT2D eigenvalue weighted by atomic mass is 10.0. The summed E-state index contributed by atoms with van der Waals surface area (Å²) in [4.78, 5) is 14.0. The summed E-state index contributed by atoms with van der Waals surface area (Å²) in [6.45, 7) is 3.96. The molecule has 0 spiro atoms. The molecule has 2 heterocycles. The maximum absolute atomic E-state index is 12.1. The SMILES string of the molecule is CC1CCN(C(=O)C2CCCN2)C1CO. The largest absolute Gasteiger partial charge is 0.394 e. The van der Waals surface area contributed by atoms with E-state index in [-0.39, 0.29) is 24.6 Å². The minimum Gasteiger partial charge on any atom is -0.394 e. The smallest absolute Gasteiger partial charge is 0.240 e. The molecule has 0 radical (unpaired) electrons. The second-order valence-corrected chi connectivity index (χ2v) is 4.70. The van der Waals surface area contributed by atoms with E-state index in [9.17, 15) is 9.90 Å². The summed E-state index contributed by atoms with van der Waals surface area (Å²) < 4.78 is 0. The van der Waals surface area contributed by atoms with Crippen LogP contribution < -0.4 is 5.32 Å². The van der Waals surface area contributed by atoms with E-state index in [1.165, 1.54) is 0 Å². The first-order valence-corrected chi connectivity index (χ1v) is 5.88. The molecule has 2 rings (SSSR count). The Balaban J connectivity index is 2.00. The monoisotopic (exact) mass is 212 g/mol. The lowest BCUT2D eigenvalue weighted by Crippen LogP contribution is -2.47. The topological polar surface area (TPSA) is 52.6 Å². The highest BCUT2D eigenvalue weighted by molar-refractivity contribution is 5.82. The van der Waals surface area contributed by atoms with Gasteiger partial charge in [0.05, 0.1) is 18.7 Å². The van der Waals surface area contributed by atoms with E-state index in [1.807, 2.05) is 4.90 Å². The van der Waals surface area contributed by atoms with Crippen molar-refractivity contribution in [3.8, 4) is 0 Å². The average Bonchev–Trinajstić information content (AvgIpc) is 2.85. The summed E-state index contributed by atoms with van der Waals surface area (Å²) >= 11 is 0. The molecule has 2 aliphatic heterocycles. The van der Waals surface area contributed by atoms with Gasteiger partial charge in [-0.3, -0.25) is 4.79 Å². The van der Waals surface area contributed by atoms with Crippen molar-refractivity contribution >= 4 is 5.91 Å². The molecular weight excluding hydrogens is 192 g/mol. The molecule has 1 amide bonds. The van der Waals surface area contributed by atoms with Gasteiger partial charge in [0.25, 0.3) is 0 Å². The predicted molar refractivity (Wildman–Crippen MR) is 57.4 cm³/mol. The van der Waals surface area contributed by atoms with Crippen LogP contribution in [0.5, 0.6) is 0 Å². The van der Waals surface area contributed by atoms with Crippen molar-refractivity contribution < 1.29 is 9.90 Å². The highest BCUT2D eigenvalue weighted by Gasteiger charge is 2.37. The first-order valence-electron chi connectivity index (χ1n) is 5.88. The van der Waals surface area contributed by atoms with Crippen molar-refractivity contribution in [3.05, 3.63) is 0 Å². The van der Waals surface area contributed by atoms with Crippen LogP contribution in [0.2, 0.25) is 0 Å². The molecule has 3 atom stereocenters. The Morgan fingerprint density at radius 3 is 2.93 bits per heavy atom. The van der Waals surface area contributed by atoms with E-state index in [1.54, 1.807) is 0 Å². The van der Waals surface area contributed by atoms with Crippen LogP contribution in [-0.4, -0.2) is 47.7 Å². The van der Waals surface area contributed by atoms with Gasteiger partial charge >= 0.3 is 0 Å². The number of carbonyl (C=O) groups is 1. The number of rotatable bonds is 2. The number of hydrogen-bond acceptors (Lipinski definition) is 3. The molecule has 4 nitrogen and oxygen atoms in total. The molecular formula is C11H20N2O2. The van der Waals surface area contributed by atoms with Crippen LogP contribution in [0.4, 0.5) is 0 Å². The molecule has 0 aromatic heterocycles. The number of amides is 1. The normalized spacial score (nSPS) is 36.1. The molecule has 2 saturated heterocycles. The van der Waals surface area contributed by atoms with Gasteiger partial charge in [0.1, 0.15) is 0 Å². The Morgan fingerprint density at radius 1 is 1.53 bits per heavy atom. The molecule has 2 N–H and O–H groups in total. The fourth-order valence-corrected chi connectivity index (χ4v) is 2.66. The summed E-state index contributed by atoms with van der Waals surface area (Å²) in [6.07, 6.45) is 3.05. The van der Waals surface area contributed by atoms with E-state index in [2.05, 4.69) is 12.2 Å². The number of likely N-dealkylation sites (tertiary alicyclic amines) is 1. The van der Waals surface area contributed by atoms with Gasteiger partial charge in [0, 0.05) is 6.54 Å². The zero-order valence-electron chi connectivity index (χ0n) is 9.28. The highest BCUT2D eigenvalue weighted by atomic mass is 16.3. The van der Waals surface area contributed by atoms with Crippen LogP contribution >= 0.6 is 0 Å². The van der Waals surface area contributed by atoms with E-state index in [0.717, 1.165) is 32.4 Å². The standard InChI is InChI=1S/C11H20N2O2/c1-8-4-6-13(10(8)7-14)11(15)9-3-2-5-12-9/h8-10,12,14H,2-7H2,1H3. The van der Waals surface area contributed by atoms with E-state index >= 15 is 0 Å². The van der Waals surface area contributed by atoms with Gasteiger partial charge in [-0.2, -0.15) is 0 Å². The van der Waals surface area contributed by atoms with Gasteiger partial charge < -0.3 is 15.3 Å². The molecule has 0 aromatic carbocycles. The molecule has 0 bridgehead atoms. The van der Waals surface area contributed by atoms with Crippen LogP contribution in [0.25, 0.3) is 0 Å². The summed E-state index contributed by atoms with van der Waals surface area (Å²) in [5.41, 5.74) is 0.